The van der Waals surface area contributed by atoms with Crippen molar-refractivity contribution in [3.63, 3.8) is 0 Å². The Morgan fingerprint density at radius 3 is 2.75 bits per heavy atom. The zero-order valence-electron chi connectivity index (χ0n) is 11.3. The molecule has 0 heterocycles. The van der Waals surface area contributed by atoms with Crippen LogP contribution in [0.2, 0.25) is 0 Å². The second-order valence-corrected chi connectivity index (χ2v) is 4.37. The molecule has 0 aliphatic carbocycles. The molecule has 0 unspecified atom stereocenters. The Bertz CT molecular complexity index is 596. The molecule has 2 aromatic carbocycles. The van der Waals surface area contributed by atoms with E-state index in [0.717, 1.165) is 11.3 Å². The minimum absolute atomic E-state index is 0.0855. The highest BCUT2D eigenvalue weighted by Crippen LogP contribution is 2.17. The molecule has 0 saturated carbocycles. The molecule has 2 N–H and O–H groups in total. The monoisotopic (exact) mass is 271 g/mol. The zero-order chi connectivity index (χ0) is 14.4. The van der Waals surface area contributed by atoms with E-state index in [1.165, 1.54) is 12.1 Å². The number of phenols is 1. The average molecular weight is 271 g/mol. The predicted molar refractivity (Wildman–Crippen MR) is 77.1 cm³/mol. The number of hydrogen-bond acceptors (Lipinski definition) is 3. The van der Waals surface area contributed by atoms with Crippen molar-refractivity contribution < 1.29 is 14.6 Å². The molecule has 0 saturated heterocycles. The van der Waals surface area contributed by atoms with Crippen LogP contribution in [-0.2, 0) is 6.42 Å². The number of methoxy groups -OCH3 is 1. The van der Waals surface area contributed by atoms with Crippen LogP contribution in [0.25, 0.3) is 0 Å². The molecule has 0 radical (unpaired) electrons. The minimum Gasteiger partial charge on any atom is -0.508 e. The highest BCUT2D eigenvalue weighted by Gasteiger charge is 2.06. The van der Waals surface area contributed by atoms with Crippen LogP contribution in [0.1, 0.15) is 15.9 Å². The number of ether oxygens (including phenoxy) is 1. The maximum atomic E-state index is 11.9. The summed E-state index contributed by atoms with van der Waals surface area (Å²) in [4.78, 5) is 11.9. The first-order valence-corrected chi connectivity index (χ1v) is 6.40. The summed E-state index contributed by atoms with van der Waals surface area (Å²) >= 11 is 0. The van der Waals surface area contributed by atoms with Gasteiger partial charge in [-0.15, -0.1) is 0 Å². The van der Waals surface area contributed by atoms with E-state index in [1.54, 1.807) is 19.2 Å². The number of benzene rings is 2. The number of nitrogens with one attached hydrogen (secondary N) is 1. The van der Waals surface area contributed by atoms with Crippen LogP contribution in [0.15, 0.2) is 48.5 Å². The molecule has 0 aliphatic heterocycles. The smallest absolute Gasteiger partial charge is 0.251 e. The van der Waals surface area contributed by atoms with Crippen LogP contribution < -0.4 is 10.1 Å². The summed E-state index contributed by atoms with van der Waals surface area (Å²) in [6.07, 6.45) is 0.689. The SMILES string of the molecule is COc1ccccc1CCNC(=O)c1cccc(O)c1. The number of carbonyl (C=O) groups is 1. The maximum Gasteiger partial charge on any atom is 0.251 e. The van der Waals surface area contributed by atoms with E-state index in [-0.39, 0.29) is 11.7 Å². The quantitative estimate of drug-likeness (QED) is 0.877. The molecule has 4 nitrogen and oxygen atoms in total. The van der Waals surface area contributed by atoms with Gasteiger partial charge in [-0.1, -0.05) is 24.3 Å². The highest BCUT2D eigenvalue weighted by atomic mass is 16.5. The van der Waals surface area contributed by atoms with Gasteiger partial charge in [0, 0.05) is 12.1 Å². The van der Waals surface area contributed by atoms with Gasteiger partial charge in [-0.2, -0.15) is 0 Å². The molecule has 2 aromatic rings. The Morgan fingerprint density at radius 2 is 2.00 bits per heavy atom. The van der Waals surface area contributed by atoms with E-state index in [9.17, 15) is 9.90 Å². The first kappa shape index (κ1) is 13.9. The van der Waals surface area contributed by atoms with Crippen LogP contribution in [-0.4, -0.2) is 24.7 Å². The van der Waals surface area contributed by atoms with Crippen LogP contribution in [0.3, 0.4) is 0 Å². The summed E-state index contributed by atoms with van der Waals surface area (Å²) in [6.45, 7) is 0.509. The number of hydrogen-bond donors (Lipinski definition) is 2. The molecule has 0 atom stereocenters. The largest absolute Gasteiger partial charge is 0.508 e. The first-order valence-electron chi connectivity index (χ1n) is 6.40. The van der Waals surface area contributed by atoms with E-state index in [0.29, 0.717) is 18.5 Å². The molecule has 0 fully saturated rings. The van der Waals surface area contributed by atoms with E-state index in [4.69, 9.17) is 4.74 Å². The highest BCUT2D eigenvalue weighted by molar-refractivity contribution is 5.94. The molecule has 0 spiro atoms. The Kier molecular flexibility index (Phi) is 4.60. The van der Waals surface area contributed by atoms with Gasteiger partial charge in [-0.05, 0) is 36.2 Å². The van der Waals surface area contributed by atoms with E-state index >= 15 is 0 Å². The fourth-order valence-corrected chi connectivity index (χ4v) is 1.97. The Labute approximate surface area is 118 Å². The fourth-order valence-electron chi connectivity index (χ4n) is 1.97. The molecule has 104 valence electrons. The summed E-state index contributed by atoms with van der Waals surface area (Å²) < 4.78 is 5.26. The molecule has 0 aromatic heterocycles. The lowest BCUT2D eigenvalue weighted by molar-refractivity contribution is 0.0953. The third-order valence-electron chi connectivity index (χ3n) is 2.98. The lowest BCUT2D eigenvalue weighted by Crippen LogP contribution is -2.25. The molecule has 0 bridgehead atoms. The van der Waals surface area contributed by atoms with Gasteiger partial charge in [0.15, 0.2) is 0 Å². The lowest BCUT2D eigenvalue weighted by Gasteiger charge is -2.09. The van der Waals surface area contributed by atoms with Crippen molar-refractivity contribution in [1.82, 2.24) is 5.32 Å². The summed E-state index contributed by atoms with van der Waals surface area (Å²) in [7, 11) is 1.63. The zero-order valence-corrected chi connectivity index (χ0v) is 11.3. The Balaban J connectivity index is 1.91. The van der Waals surface area contributed by atoms with Crippen LogP contribution in [0, 0.1) is 0 Å². The number of phenolic OH excluding ortho intramolecular Hbond substituents is 1. The third kappa shape index (κ3) is 3.51. The van der Waals surface area contributed by atoms with Crippen molar-refractivity contribution in [3.05, 3.63) is 59.7 Å². The fraction of sp³-hybridized carbons (Fsp3) is 0.188. The second kappa shape index (κ2) is 6.61. The summed E-state index contributed by atoms with van der Waals surface area (Å²) in [5.41, 5.74) is 1.50. The van der Waals surface area contributed by atoms with Crippen molar-refractivity contribution in [1.29, 1.82) is 0 Å². The number of para-hydroxylation sites is 1. The van der Waals surface area contributed by atoms with Gasteiger partial charge in [0.05, 0.1) is 7.11 Å². The van der Waals surface area contributed by atoms with Crippen molar-refractivity contribution in [2.24, 2.45) is 0 Å². The molecule has 0 aliphatic rings. The topological polar surface area (TPSA) is 58.6 Å². The van der Waals surface area contributed by atoms with Gasteiger partial charge in [0.25, 0.3) is 5.91 Å². The van der Waals surface area contributed by atoms with Crippen LogP contribution in [0.4, 0.5) is 0 Å². The van der Waals surface area contributed by atoms with Crippen molar-refractivity contribution in [2.45, 2.75) is 6.42 Å². The maximum absolute atomic E-state index is 11.9. The first-order chi connectivity index (χ1) is 9.70. The van der Waals surface area contributed by atoms with Gasteiger partial charge >= 0.3 is 0 Å². The summed E-state index contributed by atoms with van der Waals surface area (Å²) in [6, 6.07) is 14.0. The predicted octanol–water partition coefficient (Wildman–Crippen LogP) is 2.37. The van der Waals surface area contributed by atoms with Gasteiger partial charge < -0.3 is 15.2 Å². The van der Waals surface area contributed by atoms with Crippen LogP contribution in [0.5, 0.6) is 11.5 Å². The molecule has 2 rings (SSSR count). The third-order valence-corrected chi connectivity index (χ3v) is 2.98. The Morgan fingerprint density at radius 1 is 1.20 bits per heavy atom. The molecule has 20 heavy (non-hydrogen) atoms. The van der Waals surface area contributed by atoms with Crippen molar-refractivity contribution in [3.8, 4) is 11.5 Å². The van der Waals surface area contributed by atoms with E-state index < -0.39 is 0 Å². The Hall–Kier alpha value is -2.49. The minimum atomic E-state index is -0.198. The molecular weight excluding hydrogens is 254 g/mol. The summed E-state index contributed by atoms with van der Waals surface area (Å²) in [5, 5.41) is 12.2. The molecular formula is C16H17NO3. The molecule has 4 heteroatoms. The number of rotatable bonds is 5. The number of carbonyl (C=O) groups excluding carboxylic acids is 1. The average Bonchev–Trinajstić information content (AvgIpc) is 2.47. The second-order valence-electron chi connectivity index (χ2n) is 4.37. The number of aromatic hydroxyl groups is 1. The van der Waals surface area contributed by atoms with Crippen molar-refractivity contribution in [2.75, 3.05) is 13.7 Å². The van der Waals surface area contributed by atoms with Gasteiger partial charge in [0.2, 0.25) is 0 Å². The lowest BCUT2D eigenvalue weighted by atomic mass is 10.1. The van der Waals surface area contributed by atoms with E-state index in [1.807, 2.05) is 24.3 Å². The molecule has 1 amide bonds. The van der Waals surface area contributed by atoms with Crippen LogP contribution >= 0.6 is 0 Å². The normalized spacial score (nSPS) is 10.1. The van der Waals surface area contributed by atoms with Gasteiger partial charge in [0.1, 0.15) is 11.5 Å². The number of amides is 1. The van der Waals surface area contributed by atoms with Gasteiger partial charge in [-0.25, -0.2) is 0 Å². The summed E-state index contributed by atoms with van der Waals surface area (Å²) in [5.74, 6) is 0.706. The van der Waals surface area contributed by atoms with E-state index in [2.05, 4.69) is 5.32 Å². The van der Waals surface area contributed by atoms with Crippen molar-refractivity contribution >= 4 is 5.91 Å². The standard InChI is InChI=1S/C16H17NO3/c1-20-15-8-3-2-5-12(15)9-10-17-16(19)13-6-4-7-14(18)11-13/h2-8,11,18H,9-10H2,1H3,(H,17,19). The van der Waals surface area contributed by atoms with Gasteiger partial charge in [-0.3, -0.25) is 4.79 Å².